The summed E-state index contributed by atoms with van der Waals surface area (Å²) in [5.74, 6) is 0.683. The second kappa shape index (κ2) is 14.0. The van der Waals surface area contributed by atoms with Crippen molar-refractivity contribution in [2.75, 3.05) is 36.5 Å². The van der Waals surface area contributed by atoms with Crippen LogP contribution in [0, 0.1) is 0 Å². The Bertz CT molecular complexity index is 2040. The number of nitrogens with one attached hydrogen (secondary N) is 2. The number of fused-ring (bicyclic) bond motifs is 1. The maximum Gasteiger partial charge on any atom is 0.262 e. The van der Waals surface area contributed by atoms with E-state index in [1.54, 1.807) is 18.2 Å². The number of rotatable bonds is 10. The third-order valence-electron chi connectivity index (χ3n) is 10.5. The molecule has 0 radical (unpaired) electrons. The zero-order valence-electron chi connectivity index (χ0n) is 29.5. The van der Waals surface area contributed by atoms with Gasteiger partial charge in [0.15, 0.2) is 5.82 Å². The summed E-state index contributed by atoms with van der Waals surface area (Å²) >= 11 is 0. The lowest BCUT2D eigenvalue weighted by molar-refractivity contribution is -0.136. The molecule has 3 aliphatic heterocycles. The number of ether oxygens (including phenoxy) is 3. The number of anilines is 2. The molecule has 4 amide bonds. The maximum absolute atomic E-state index is 13.2. The van der Waals surface area contributed by atoms with Crippen molar-refractivity contribution < 1.29 is 33.4 Å². The first-order valence-corrected chi connectivity index (χ1v) is 18.0. The molecule has 53 heavy (non-hydrogen) atoms. The molecule has 8 rings (SSSR count). The van der Waals surface area contributed by atoms with E-state index in [0.717, 1.165) is 59.2 Å². The summed E-state index contributed by atoms with van der Waals surface area (Å²) in [4.78, 5) is 53.2. The van der Waals surface area contributed by atoms with Gasteiger partial charge in [-0.3, -0.25) is 29.4 Å². The van der Waals surface area contributed by atoms with Gasteiger partial charge in [-0.2, -0.15) is 0 Å². The van der Waals surface area contributed by atoms with Crippen LogP contribution in [0.1, 0.15) is 71.4 Å². The van der Waals surface area contributed by atoms with Gasteiger partial charge in [-0.15, -0.1) is 10.2 Å². The summed E-state index contributed by atoms with van der Waals surface area (Å²) in [7, 11) is 0. The largest absolute Gasteiger partial charge is 0.490 e. The van der Waals surface area contributed by atoms with E-state index in [2.05, 4.69) is 63.8 Å². The maximum atomic E-state index is 13.2. The van der Waals surface area contributed by atoms with Gasteiger partial charge in [0.1, 0.15) is 23.6 Å². The number of piperidine rings is 1. The quantitative estimate of drug-likeness (QED) is 0.217. The molecule has 13 nitrogen and oxygen atoms in total. The minimum absolute atomic E-state index is 0.0415. The van der Waals surface area contributed by atoms with Crippen LogP contribution in [-0.4, -0.2) is 83.2 Å². The molecule has 2 N–H and O–H groups in total. The normalized spacial score (nSPS) is 21.5. The van der Waals surface area contributed by atoms with Crippen LogP contribution < -0.4 is 25.0 Å². The highest BCUT2D eigenvalue weighted by Crippen LogP contribution is 2.36. The Morgan fingerprint density at radius 1 is 0.811 bits per heavy atom. The van der Waals surface area contributed by atoms with Gasteiger partial charge in [0.25, 0.3) is 11.8 Å². The second-order valence-corrected chi connectivity index (χ2v) is 14.4. The van der Waals surface area contributed by atoms with E-state index >= 15 is 0 Å². The highest BCUT2D eigenvalue weighted by molar-refractivity contribution is 6.23. The summed E-state index contributed by atoms with van der Waals surface area (Å²) in [6.07, 6.45) is 1.80. The number of carbonyl (C=O) groups is 4. The second-order valence-electron chi connectivity index (χ2n) is 14.4. The number of nitrogens with zero attached hydrogens (tertiary/aromatic N) is 4. The Balaban J connectivity index is 0.823. The number of carbonyl (C=O) groups excluding carboxylic acids is 4. The van der Waals surface area contributed by atoms with Gasteiger partial charge in [-0.05, 0) is 66.1 Å². The molecule has 4 aliphatic rings. The Hall–Kier alpha value is -5.82. The lowest BCUT2D eigenvalue weighted by Gasteiger charge is -2.36. The number of imide groups is 2. The number of hydrogen-bond donors (Lipinski definition) is 2. The molecule has 1 saturated carbocycles. The van der Waals surface area contributed by atoms with E-state index in [0.29, 0.717) is 24.8 Å². The average molecular weight is 717 g/mol. The smallest absolute Gasteiger partial charge is 0.262 e. The van der Waals surface area contributed by atoms with Crippen molar-refractivity contribution in [3.05, 3.63) is 101 Å². The first-order chi connectivity index (χ1) is 25.6. The molecule has 272 valence electrons. The highest BCUT2D eigenvalue weighted by atomic mass is 16.5. The van der Waals surface area contributed by atoms with Crippen molar-refractivity contribution in [3.63, 3.8) is 0 Å². The Labute approximate surface area is 306 Å². The van der Waals surface area contributed by atoms with Gasteiger partial charge >= 0.3 is 0 Å². The number of aromatic nitrogens is 2. The third kappa shape index (κ3) is 6.91. The van der Waals surface area contributed by atoms with Crippen molar-refractivity contribution in [2.24, 2.45) is 0 Å². The van der Waals surface area contributed by atoms with Crippen molar-refractivity contribution in [1.29, 1.82) is 0 Å². The van der Waals surface area contributed by atoms with E-state index in [9.17, 15) is 19.2 Å². The van der Waals surface area contributed by atoms with Gasteiger partial charge in [-0.1, -0.05) is 38.1 Å². The van der Waals surface area contributed by atoms with E-state index in [1.165, 1.54) is 0 Å². The summed E-state index contributed by atoms with van der Waals surface area (Å²) < 4.78 is 17.7. The Morgan fingerprint density at radius 2 is 1.49 bits per heavy atom. The van der Waals surface area contributed by atoms with E-state index in [-0.39, 0.29) is 41.5 Å². The van der Waals surface area contributed by atoms with Gasteiger partial charge in [0.2, 0.25) is 17.7 Å². The lowest BCUT2D eigenvalue weighted by Crippen LogP contribution is -2.54. The molecule has 1 atom stereocenters. The molecule has 4 heterocycles. The fourth-order valence-corrected chi connectivity index (χ4v) is 7.27. The van der Waals surface area contributed by atoms with Crippen molar-refractivity contribution in [2.45, 2.75) is 63.1 Å². The fourth-order valence-electron chi connectivity index (χ4n) is 7.27. The number of amides is 4. The number of hydrogen-bond acceptors (Lipinski definition) is 11. The molecule has 13 heteroatoms. The van der Waals surface area contributed by atoms with Crippen LogP contribution >= 0.6 is 0 Å². The molecule has 3 fully saturated rings. The van der Waals surface area contributed by atoms with Gasteiger partial charge < -0.3 is 24.4 Å². The fraction of sp³-hybridized carbons (Fsp3) is 0.350. The predicted octanol–water partition coefficient (Wildman–Crippen LogP) is 4.85. The third-order valence-corrected chi connectivity index (χ3v) is 10.5. The number of benzene rings is 3. The molecule has 4 aromatic rings. The molecular formula is C40H40N6O7. The van der Waals surface area contributed by atoms with Crippen molar-refractivity contribution >= 4 is 35.1 Å². The lowest BCUT2D eigenvalue weighted by atomic mass is 9.78. The topological polar surface area (TPSA) is 152 Å². The summed E-state index contributed by atoms with van der Waals surface area (Å²) in [5.41, 5.74) is 3.26. The molecule has 1 unspecified atom stereocenters. The van der Waals surface area contributed by atoms with E-state index < -0.39 is 29.7 Å². The van der Waals surface area contributed by atoms with Gasteiger partial charge in [0.05, 0.1) is 24.3 Å². The van der Waals surface area contributed by atoms with Crippen molar-refractivity contribution in [3.8, 4) is 17.4 Å². The van der Waals surface area contributed by atoms with Gasteiger partial charge in [0, 0.05) is 55.6 Å². The van der Waals surface area contributed by atoms with E-state index in [1.807, 2.05) is 36.4 Å². The molecule has 1 aromatic heterocycles. The molecule has 0 bridgehead atoms. The van der Waals surface area contributed by atoms with Crippen LogP contribution in [0.2, 0.25) is 0 Å². The molecule has 0 spiro atoms. The van der Waals surface area contributed by atoms with Crippen LogP contribution in [0.3, 0.4) is 0 Å². The molecule has 3 aromatic carbocycles. The Kier molecular flexibility index (Phi) is 9.03. The van der Waals surface area contributed by atoms with Crippen LogP contribution in [0.4, 0.5) is 11.5 Å². The monoisotopic (exact) mass is 716 g/mol. The molecule has 1 aliphatic carbocycles. The zero-order chi connectivity index (χ0) is 36.7. The SMILES string of the molecule is CC(C)(c1ccc(Oc2ccc(N3CCOCC3)nn2)cc1)c1ccc(OC2CC(Nc3ccc4c(c3)C(=O)N(C3CCC(=O)NC3=O)C4=O)C2)cc1. The van der Waals surface area contributed by atoms with Crippen LogP contribution in [0.25, 0.3) is 0 Å². The van der Waals surface area contributed by atoms with E-state index in [4.69, 9.17) is 14.2 Å². The Morgan fingerprint density at radius 3 is 2.15 bits per heavy atom. The first-order valence-electron chi connectivity index (χ1n) is 18.0. The molecule has 2 saturated heterocycles. The van der Waals surface area contributed by atoms with Crippen LogP contribution in [-0.2, 0) is 19.7 Å². The first kappa shape index (κ1) is 34.3. The minimum Gasteiger partial charge on any atom is -0.490 e. The zero-order valence-corrected chi connectivity index (χ0v) is 29.5. The van der Waals surface area contributed by atoms with Crippen LogP contribution in [0.5, 0.6) is 17.4 Å². The van der Waals surface area contributed by atoms with Gasteiger partial charge in [-0.25, -0.2) is 0 Å². The average Bonchev–Trinajstić information content (AvgIpc) is 3.40. The molecular weight excluding hydrogens is 676 g/mol. The highest BCUT2D eigenvalue weighted by Gasteiger charge is 2.45. The predicted molar refractivity (Wildman–Crippen MR) is 194 cm³/mol. The minimum atomic E-state index is -0.986. The summed E-state index contributed by atoms with van der Waals surface area (Å²) in [5, 5.41) is 14.2. The summed E-state index contributed by atoms with van der Waals surface area (Å²) in [6, 6.07) is 24.2. The standard InChI is InChI=1S/C40H40N6O7/c1-40(2,25-5-10-29(11-6-25)53-36-16-14-34(43-44-36)45-17-19-51-20-18-45)24-3-8-28(9-4-24)52-30-21-27(22-30)41-26-7-12-31-32(23-26)39(50)46(38(31)49)33-13-15-35(47)42-37(33)48/h3-12,14,16,23,27,30,33,41H,13,15,17-22H2,1-2H3,(H,42,47,48). The summed E-state index contributed by atoms with van der Waals surface area (Å²) in [6.45, 7) is 7.35. The van der Waals surface area contributed by atoms with Crippen molar-refractivity contribution in [1.82, 2.24) is 20.4 Å². The van der Waals surface area contributed by atoms with Crippen LogP contribution in [0.15, 0.2) is 78.9 Å². The number of morpholine rings is 1.